The van der Waals surface area contributed by atoms with E-state index >= 15 is 0 Å². The number of ether oxygens (including phenoxy) is 1. The first-order chi connectivity index (χ1) is 10.4. The molecule has 2 rings (SSSR count). The molecule has 0 N–H and O–H groups in total. The van der Waals surface area contributed by atoms with Gasteiger partial charge in [-0.3, -0.25) is 4.79 Å². The maximum Gasteiger partial charge on any atom is 0.175 e. The number of benzene rings is 2. The molecule has 0 aromatic heterocycles. The topological polar surface area (TPSA) is 84.2 Å². The fourth-order valence-corrected chi connectivity index (χ4v) is 2.46. The van der Waals surface area contributed by atoms with Crippen molar-refractivity contribution in [3.05, 3.63) is 59.2 Å². The van der Waals surface area contributed by atoms with Gasteiger partial charge in [0, 0.05) is 11.8 Å². The predicted octanol–water partition coefficient (Wildman–Crippen LogP) is 2.35. The minimum Gasteiger partial charge on any atom is -0.488 e. The Morgan fingerprint density at radius 1 is 1.18 bits per heavy atom. The number of carbonyl (C=O) groups is 1. The van der Waals surface area contributed by atoms with Gasteiger partial charge in [-0.05, 0) is 35.9 Å². The quantitative estimate of drug-likeness (QED) is 0.791. The van der Waals surface area contributed by atoms with Crippen LogP contribution in [0.2, 0.25) is 0 Å². The Balaban J connectivity index is 2.14. The van der Waals surface area contributed by atoms with Crippen molar-refractivity contribution in [1.82, 2.24) is 0 Å². The molecule has 0 aliphatic heterocycles. The molecule has 0 atom stereocenters. The van der Waals surface area contributed by atoms with Gasteiger partial charge < -0.3 is 4.74 Å². The number of carbonyl (C=O) groups excluding carboxylic acids is 1. The second-order valence-electron chi connectivity index (χ2n) is 4.69. The van der Waals surface area contributed by atoms with Gasteiger partial charge in [0.2, 0.25) is 0 Å². The third-order valence-electron chi connectivity index (χ3n) is 3.01. The van der Waals surface area contributed by atoms with Crippen molar-refractivity contribution in [2.45, 2.75) is 11.5 Å². The molecule has 0 spiro atoms. The molecule has 0 saturated carbocycles. The van der Waals surface area contributed by atoms with Gasteiger partial charge in [0.15, 0.2) is 9.84 Å². The number of aldehydes is 1. The molecule has 2 aromatic carbocycles. The monoisotopic (exact) mass is 315 g/mol. The molecule has 5 nitrogen and oxygen atoms in total. The van der Waals surface area contributed by atoms with E-state index in [9.17, 15) is 13.2 Å². The Morgan fingerprint density at radius 2 is 1.86 bits per heavy atom. The lowest BCUT2D eigenvalue weighted by Gasteiger charge is -2.08. The molecular formula is C16H13NO4S. The normalized spacial score (nSPS) is 10.7. The van der Waals surface area contributed by atoms with Crippen LogP contribution in [0.15, 0.2) is 47.4 Å². The summed E-state index contributed by atoms with van der Waals surface area (Å²) in [5, 5.41) is 9.05. The molecule has 0 amide bonds. The van der Waals surface area contributed by atoms with Gasteiger partial charge >= 0.3 is 0 Å². The van der Waals surface area contributed by atoms with Crippen LogP contribution in [0.5, 0.6) is 5.75 Å². The second-order valence-corrected chi connectivity index (χ2v) is 6.71. The molecular weight excluding hydrogens is 302 g/mol. The highest BCUT2D eigenvalue weighted by atomic mass is 32.2. The standard InChI is InChI=1S/C16H13NO4S/c1-22(19,20)15-5-2-12(3-6-15)11-21-16-7-4-13(10-18)8-14(16)9-17/h2-8,10H,11H2,1H3. The highest BCUT2D eigenvalue weighted by Gasteiger charge is 2.08. The smallest absolute Gasteiger partial charge is 0.175 e. The lowest BCUT2D eigenvalue weighted by atomic mass is 10.1. The maximum absolute atomic E-state index is 11.4. The number of sulfone groups is 1. The van der Waals surface area contributed by atoms with E-state index in [0.717, 1.165) is 11.8 Å². The highest BCUT2D eigenvalue weighted by Crippen LogP contribution is 2.20. The van der Waals surface area contributed by atoms with Crippen LogP contribution in [0.25, 0.3) is 0 Å². The van der Waals surface area contributed by atoms with Gasteiger partial charge in [0.1, 0.15) is 24.7 Å². The fourth-order valence-electron chi connectivity index (χ4n) is 1.83. The highest BCUT2D eigenvalue weighted by molar-refractivity contribution is 7.90. The second kappa shape index (κ2) is 6.41. The number of hydrogen-bond donors (Lipinski definition) is 0. The molecule has 0 fully saturated rings. The van der Waals surface area contributed by atoms with Gasteiger partial charge in [0.05, 0.1) is 10.5 Å². The largest absolute Gasteiger partial charge is 0.488 e. The fraction of sp³-hybridized carbons (Fsp3) is 0.125. The average Bonchev–Trinajstić information content (AvgIpc) is 2.52. The zero-order valence-corrected chi connectivity index (χ0v) is 12.6. The molecule has 112 valence electrons. The SMILES string of the molecule is CS(=O)(=O)c1ccc(COc2ccc(C=O)cc2C#N)cc1. The van der Waals surface area contributed by atoms with Crippen LogP contribution in [0, 0.1) is 11.3 Å². The van der Waals surface area contributed by atoms with Crippen LogP contribution in [0.1, 0.15) is 21.5 Å². The van der Waals surface area contributed by atoms with E-state index in [1.54, 1.807) is 24.3 Å². The van der Waals surface area contributed by atoms with E-state index in [1.165, 1.54) is 18.2 Å². The van der Waals surface area contributed by atoms with Crippen LogP contribution in [0.3, 0.4) is 0 Å². The summed E-state index contributed by atoms with van der Waals surface area (Å²) in [6.07, 6.45) is 1.81. The van der Waals surface area contributed by atoms with Crippen molar-refractivity contribution in [2.24, 2.45) is 0 Å². The van der Waals surface area contributed by atoms with Crippen molar-refractivity contribution in [2.75, 3.05) is 6.26 Å². The van der Waals surface area contributed by atoms with E-state index in [2.05, 4.69) is 0 Å². The van der Waals surface area contributed by atoms with Crippen molar-refractivity contribution in [1.29, 1.82) is 5.26 Å². The van der Waals surface area contributed by atoms with Gasteiger partial charge in [-0.25, -0.2) is 8.42 Å². The molecule has 0 saturated heterocycles. The molecule has 2 aromatic rings. The third-order valence-corrected chi connectivity index (χ3v) is 4.13. The van der Waals surface area contributed by atoms with Crippen LogP contribution < -0.4 is 4.74 Å². The molecule has 0 aliphatic rings. The third kappa shape index (κ3) is 3.71. The van der Waals surface area contributed by atoms with Crippen molar-refractivity contribution in [3.63, 3.8) is 0 Å². The summed E-state index contributed by atoms with van der Waals surface area (Å²) >= 11 is 0. The number of hydrogen-bond acceptors (Lipinski definition) is 5. The van der Waals surface area contributed by atoms with Gasteiger partial charge in [-0.1, -0.05) is 12.1 Å². The summed E-state index contributed by atoms with van der Waals surface area (Å²) in [7, 11) is -3.22. The first kappa shape index (κ1) is 15.7. The predicted molar refractivity (Wildman–Crippen MR) is 80.4 cm³/mol. The molecule has 0 unspecified atom stereocenters. The minimum absolute atomic E-state index is 0.194. The van der Waals surface area contributed by atoms with Crippen LogP contribution in [-0.2, 0) is 16.4 Å². The lowest BCUT2D eigenvalue weighted by Crippen LogP contribution is -2.00. The first-order valence-corrected chi connectivity index (χ1v) is 8.24. The Kier molecular flexibility index (Phi) is 4.59. The van der Waals surface area contributed by atoms with Crippen molar-refractivity contribution < 1.29 is 17.9 Å². The summed E-state index contributed by atoms with van der Waals surface area (Å²) in [5.41, 5.74) is 1.45. The minimum atomic E-state index is -3.22. The van der Waals surface area contributed by atoms with E-state index in [1.807, 2.05) is 6.07 Å². The maximum atomic E-state index is 11.4. The zero-order chi connectivity index (χ0) is 16.2. The molecule has 0 radical (unpaired) electrons. The van der Waals surface area contributed by atoms with Crippen molar-refractivity contribution >= 4 is 16.1 Å². The summed E-state index contributed by atoms with van der Waals surface area (Å²) in [6.45, 7) is 0.194. The Morgan fingerprint density at radius 3 is 2.41 bits per heavy atom. The van der Waals surface area contributed by atoms with E-state index in [0.29, 0.717) is 17.6 Å². The molecule has 0 aliphatic carbocycles. The molecule has 0 bridgehead atoms. The van der Waals surface area contributed by atoms with Crippen molar-refractivity contribution in [3.8, 4) is 11.8 Å². The lowest BCUT2D eigenvalue weighted by molar-refractivity contribution is 0.112. The van der Waals surface area contributed by atoms with Gasteiger partial charge in [-0.15, -0.1) is 0 Å². The zero-order valence-electron chi connectivity index (χ0n) is 11.8. The summed E-state index contributed by atoms with van der Waals surface area (Å²) < 4.78 is 28.3. The Hall–Kier alpha value is -2.65. The number of nitrogens with zero attached hydrogens (tertiary/aromatic N) is 1. The van der Waals surface area contributed by atoms with Crippen LogP contribution >= 0.6 is 0 Å². The number of nitriles is 1. The molecule has 6 heteroatoms. The molecule has 0 heterocycles. The van der Waals surface area contributed by atoms with E-state index in [-0.39, 0.29) is 17.1 Å². The summed E-state index contributed by atoms with van der Waals surface area (Å²) in [4.78, 5) is 10.9. The first-order valence-electron chi connectivity index (χ1n) is 6.35. The Labute approximate surface area is 128 Å². The Bertz CT molecular complexity index is 833. The average molecular weight is 315 g/mol. The van der Waals surface area contributed by atoms with E-state index in [4.69, 9.17) is 10.00 Å². The van der Waals surface area contributed by atoms with Crippen LogP contribution in [0.4, 0.5) is 0 Å². The molecule has 22 heavy (non-hydrogen) atoms. The van der Waals surface area contributed by atoms with E-state index < -0.39 is 9.84 Å². The summed E-state index contributed by atoms with van der Waals surface area (Å²) in [6, 6.07) is 12.9. The van der Waals surface area contributed by atoms with Gasteiger partial charge in [-0.2, -0.15) is 5.26 Å². The summed E-state index contributed by atoms with van der Waals surface area (Å²) in [5.74, 6) is 0.375. The number of rotatable bonds is 5. The van der Waals surface area contributed by atoms with Crippen LogP contribution in [-0.4, -0.2) is 21.0 Å². The van der Waals surface area contributed by atoms with Gasteiger partial charge in [0.25, 0.3) is 0 Å².